The second-order valence-electron chi connectivity index (χ2n) is 34.7. The van der Waals surface area contributed by atoms with Gasteiger partial charge >= 0.3 is 5.97 Å². The Morgan fingerprint density at radius 3 is 2.26 bits per heavy atom. The highest BCUT2D eigenvalue weighted by molar-refractivity contribution is 5.86. The molecule has 0 amide bonds. The lowest BCUT2D eigenvalue weighted by Gasteiger charge is -2.75. The lowest BCUT2D eigenvalue weighted by Crippen LogP contribution is -2.86. The Hall–Kier alpha value is -4.18. The molecule has 10 nitrogen and oxygen atoms in total. The van der Waals surface area contributed by atoms with Crippen LogP contribution >= 0.6 is 0 Å². The first-order valence-electron chi connectivity index (χ1n) is 37.5. The predicted molar refractivity (Wildman–Crippen MR) is 353 cm³/mol. The second kappa shape index (κ2) is 21.9. The summed E-state index contributed by atoms with van der Waals surface area (Å²) in [4.78, 5) is 30.2. The number of carbonyl (C=O) groups is 2. The molecule has 11 saturated carbocycles. The van der Waals surface area contributed by atoms with Crippen molar-refractivity contribution in [2.45, 2.75) is 265 Å². The van der Waals surface area contributed by atoms with Crippen molar-refractivity contribution in [2.24, 2.45) is 86.8 Å². The zero-order valence-electron chi connectivity index (χ0n) is 55.2. The van der Waals surface area contributed by atoms with Gasteiger partial charge in [-0.25, -0.2) is 4.79 Å². The van der Waals surface area contributed by atoms with E-state index in [1.54, 1.807) is 6.08 Å². The smallest absolute Gasteiger partial charge is 0.331 e. The average molecular weight is 1250 g/mol. The van der Waals surface area contributed by atoms with Crippen LogP contribution in [0.2, 0.25) is 0 Å². The van der Waals surface area contributed by atoms with E-state index in [4.69, 9.17) is 4.74 Å². The molecule has 7 N–H and O–H groups in total. The third-order valence-electron chi connectivity index (χ3n) is 31.7. The predicted octanol–water partition coefficient (Wildman–Crippen LogP) is 12.6. The number of aliphatic hydroxyl groups excluding tert-OH is 3. The molecule has 15 aliphatic carbocycles. The number of hydrogen-bond donors (Lipinski definition) is 7. The fourth-order valence-electron chi connectivity index (χ4n) is 27.7. The molecule has 92 heavy (non-hydrogen) atoms. The molecule has 21 atom stereocenters. The number of carbonyl (C=O) groups excluding carboxylic acids is 2. The van der Waals surface area contributed by atoms with Crippen molar-refractivity contribution >= 4 is 12.3 Å². The maximum atomic E-state index is 15.8. The lowest BCUT2D eigenvalue weighted by molar-refractivity contribution is -0.385. The molecular formula is C82H105NO9. The Kier molecular flexibility index (Phi) is 14.6. The van der Waals surface area contributed by atoms with Gasteiger partial charge in [0.1, 0.15) is 23.6 Å². The molecular weight excluding hydrogens is 1140 g/mol. The molecule has 5 spiro atoms. The number of benzene rings is 3. The van der Waals surface area contributed by atoms with Crippen molar-refractivity contribution in [3.8, 4) is 11.8 Å². The van der Waals surface area contributed by atoms with Crippen LogP contribution in [0.4, 0.5) is 0 Å². The Bertz CT molecular complexity index is 3510. The van der Waals surface area contributed by atoms with E-state index in [2.05, 4.69) is 78.7 Å². The van der Waals surface area contributed by atoms with Gasteiger partial charge in [-0.3, -0.25) is 0 Å². The highest BCUT2D eigenvalue weighted by atomic mass is 16.5. The fourth-order valence-corrected chi connectivity index (χ4v) is 27.7. The van der Waals surface area contributed by atoms with E-state index >= 15 is 15.0 Å². The zero-order valence-corrected chi connectivity index (χ0v) is 55.2. The first kappa shape index (κ1) is 61.4. The van der Waals surface area contributed by atoms with E-state index in [1.165, 1.54) is 54.4 Å². The third kappa shape index (κ3) is 8.30. The molecule has 0 unspecified atom stereocenters. The number of ether oxygens (including phenoxy) is 1. The minimum atomic E-state index is -2.29. The number of likely N-dealkylation sites (N-methyl/N-ethyl adjacent to an activating group) is 1. The highest BCUT2D eigenvalue weighted by Crippen LogP contribution is 2.81. The molecule has 19 rings (SSSR count). The van der Waals surface area contributed by atoms with Crippen molar-refractivity contribution in [1.29, 1.82) is 0 Å². The van der Waals surface area contributed by atoms with Crippen LogP contribution in [0.15, 0.2) is 78.4 Å². The van der Waals surface area contributed by atoms with Crippen LogP contribution in [0.1, 0.15) is 232 Å². The van der Waals surface area contributed by atoms with Crippen molar-refractivity contribution in [3.05, 3.63) is 117 Å². The monoisotopic (exact) mass is 1250 g/mol. The van der Waals surface area contributed by atoms with Crippen LogP contribution in [0.25, 0.3) is 0 Å². The summed E-state index contributed by atoms with van der Waals surface area (Å²) in [5, 5.41) is 89.2. The van der Waals surface area contributed by atoms with Gasteiger partial charge in [-0.2, -0.15) is 0 Å². The first-order chi connectivity index (χ1) is 44.5. The summed E-state index contributed by atoms with van der Waals surface area (Å²) >= 11 is 0. The van der Waals surface area contributed by atoms with Crippen LogP contribution in [0, 0.1) is 98.6 Å². The molecule has 10 heteroatoms. The lowest BCUT2D eigenvalue weighted by atomic mass is 9.32. The van der Waals surface area contributed by atoms with Gasteiger partial charge in [-0.15, -0.1) is 0 Å². The number of aldehydes is 1. The Morgan fingerprint density at radius 1 is 0.717 bits per heavy atom. The molecule has 3 aromatic carbocycles. The van der Waals surface area contributed by atoms with Gasteiger partial charge < -0.3 is 45.5 Å². The number of fused-ring (bicyclic) bond motifs is 3. The quantitative estimate of drug-likeness (QED) is 0.0739. The molecule has 1 aliphatic heterocycles. The number of aryl methyl sites for hydroxylation is 1. The third-order valence-corrected chi connectivity index (χ3v) is 31.7. The normalized spacial score (nSPS) is 45.5. The van der Waals surface area contributed by atoms with Gasteiger partial charge in [0.25, 0.3) is 0 Å². The van der Waals surface area contributed by atoms with E-state index in [9.17, 15) is 25.2 Å². The molecule has 0 aromatic heterocycles. The van der Waals surface area contributed by atoms with Crippen LogP contribution in [0.3, 0.4) is 0 Å². The van der Waals surface area contributed by atoms with Crippen molar-refractivity contribution < 1.29 is 45.0 Å². The van der Waals surface area contributed by atoms with E-state index < -0.39 is 80.4 Å². The van der Waals surface area contributed by atoms with Crippen LogP contribution < -0.4 is 5.32 Å². The SMILES string of the molecule is CN[C@@H]1Cc2c(cccc2CO)C#C[C@@]23CC[C@@H](C2)C2(CCCCC2)c2cccc(c2)C2(CCCC2)c2cccc(c2)CC[C@H]2CC[C@]4(C2)C[C@]2(C=O)[C@H]5CC[C@]6(C3)[C@H]3C7=CC(=O)O[C@H]7[C@@H]1C[C@H]3C[C@]6(O)[C@@]5(O)[C@H](O)[C@H]1C[C@@H]([C@@H](C)C3CCCC3)CC[C@@H]([C@H]4O)[C@@]12O. The van der Waals surface area contributed by atoms with Crippen LogP contribution in [0.5, 0.6) is 0 Å². The molecule has 11 fully saturated rings. The van der Waals surface area contributed by atoms with Gasteiger partial charge in [0.2, 0.25) is 0 Å². The van der Waals surface area contributed by atoms with Gasteiger partial charge in [0.15, 0.2) is 0 Å². The summed E-state index contributed by atoms with van der Waals surface area (Å²) in [6, 6.07) is 25.5. The molecule has 16 aliphatic rings. The summed E-state index contributed by atoms with van der Waals surface area (Å²) in [7, 11) is 1.97. The number of aliphatic hydroxyl groups is 6. The number of rotatable bonds is 5. The first-order valence-corrected chi connectivity index (χ1v) is 37.5. The summed E-state index contributed by atoms with van der Waals surface area (Å²) in [5.41, 5.74) is -1.37. The van der Waals surface area contributed by atoms with Gasteiger partial charge in [-0.1, -0.05) is 137 Å². The van der Waals surface area contributed by atoms with Crippen molar-refractivity contribution in [1.82, 2.24) is 5.32 Å². The minimum absolute atomic E-state index is 0.0600. The maximum Gasteiger partial charge on any atom is 0.331 e. The zero-order chi connectivity index (χ0) is 63.0. The van der Waals surface area contributed by atoms with Gasteiger partial charge in [0, 0.05) is 57.6 Å². The second-order valence-corrected chi connectivity index (χ2v) is 34.7. The molecule has 492 valence electrons. The Labute approximate surface area is 547 Å². The molecule has 1 heterocycles. The standard InChI is InChI=1S/C82H105NO9/c1-50(53-14-4-5-15-53)55-23-24-65-72(87)75-35-25-52(43-75)22-21-51-13-10-18-58(37-51)76(31-8-9-32-76)59-19-12-20-60(40-59)77(29-6-3-7-30-77)61-27-34-74(45-61)33-26-54-16-11-17-56(46-84)62(54)41-67(83-2)63-38-57-44-80(89)78(47-74,70(57)64-42-69(86)92-71(63)64)36-28-68-79(48-75,49-85)81(65,90)66(39-55)73(88)82(68,80)91/h10-13,16-20,37,40,42,49-50,52-53,55,57,61,63,65-68,70-73,83-84,87-91H,3-9,14-15,21-25,27-32,34-36,38-39,41,43-48H2,1-2H3/t50-,52-,55-,57-,61-,63+,65-,66+,67+,68+,70+,71-,72+,73+,74+,75-,78-,79-,80+,81+,82-/m0/s1. The number of nitrogens with one attached hydrogen (secondary N) is 1. The van der Waals surface area contributed by atoms with Crippen molar-refractivity contribution in [3.63, 3.8) is 0 Å². The average Bonchev–Trinajstić information content (AvgIpc) is 1.22. The minimum Gasteiger partial charge on any atom is -0.454 e. The summed E-state index contributed by atoms with van der Waals surface area (Å²) in [5.74, 6) is 5.41. The molecule has 0 radical (unpaired) electrons. The van der Waals surface area contributed by atoms with Crippen molar-refractivity contribution in [2.75, 3.05) is 7.05 Å². The summed E-state index contributed by atoms with van der Waals surface area (Å²) in [6.07, 6.45) is 25.5. The Morgan fingerprint density at radius 2 is 1.48 bits per heavy atom. The van der Waals surface area contributed by atoms with Gasteiger partial charge in [-0.05, 0) is 246 Å². The van der Waals surface area contributed by atoms with Gasteiger partial charge in [0.05, 0.1) is 29.8 Å². The van der Waals surface area contributed by atoms with Crippen LogP contribution in [-0.4, -0.2) is 91.1 Å². The topological polar surface area (TPSA) is 177 Å². The highest BCUT2D eigenvalue weighted by Gasteiger charge is 2.87. The molecule has 15 bridgehead atoms. The van der Waals surface area contributed by atoms with E-state index in [-0.39, 0.29) is 84.2 Å². The Balaban J connectivity index is 0.914. The largest absolute Gasteiger partial charge is 0.454 e. The molecule has 0 saturated heterocycles. The summed E-state index contributed by atoms with van der Waals surface area (Å²) < 4.78 is 6.65. The summed E-state index contributed by atoms with van der Waals surface area (Å²) in [6.45, 7) is 2.23. The number of esters is 1. The fraction of sp³-hybridized carbons (Fsp3) is 0.707. The maximum absolute atomic E-state index is 15.8. The van der Waals surface area contributed by atoms with E-state index in [0.717, 1.165) is 131 Å². The van der Waals surface area contributed by atoms with E-state index in [1.807, 2.05) is 19.2 Å². The number of hydrogen-bond acceptors (Lipinski definition) is 10. The molecule has 3 aromatic rings. The van der Waals surface area contributed by atoms with E-state index in [0.29, 0.717) is 50.9 Å². The van der Waals surface area contributed by atoms with Crippen LogP contribution in [-0.2, 0) is 44.6 Å².